The predicted molar refractivity (Wildman–Crippen MR) is 78.5 cm³/mol. The maximum atomic E-state index is 4.40. The van der Waals surface area contributed by atoms with Gasteiger partial charge in [0.05, 0.1) is 11.4 Å². The molecule has 0 radical (unpaired) electrons. The number of hydrogen-bond donors (Lipinski definition) is 1. The van der Waals surface area contributed by atoms with Gasteiger partial charge in [0.25, 0.3) is 0 Å². The van der Waals surface area contributed by atoms with Gasteiger partial charge in [-0.15, -0.1) is 11.3 Å². The molecule has 3 nitrogen and oxygen atoms in total. The van der Waals surface area contributed by atoms with Crippen LogP contribution in [0.2, 0.25) is 0 Å². The summed E-state index contributed by atoms with van der Waals surface area (Å²) >= 11 is 1.65. The number of nitrogens with one attached hydrogen (secondary N) is 1. The third-order valence-electron chi connectivity index (χ3n) is 3.71. The van der Waals surface area contributed by atoms with Crippen LogP contribution in [0.25, 0.3) is 10.2 Å². The standard InChI is InChI=1S/C15H13N3S/c1-2-4-11-10(3-1)5-6-13(11)18-14-12-7-8-19-15(12)17-9-16-14/h1-4,7-9,13H,5-6H2,(H,16,17,18). The predicted octanol–water partition coefficient (Wildman–Crippen LogP) is 3.79. The molecule has 1 unspecified atom stereocenters. The lowest BCUT2D eigenvalue weighted by Gasteiger charge is -2.15. The number of nitrogens with zero attached hydrogens (tertiary/aromatic N) is 2. The normalized spacial score (nSPS) is 17.6. The zero-order chi connectivity index (χ0) is 12.7. The molecule has 1 aliphatic carbocycles. The van der Waals surface area contributed by atoms with E-state index in [0.29, 0.717) is 6.04 Å². The number of fused-ring (bicyclic) bond motifs is 2. The molecule has 2 heterocycles. The Hall–Kier alpha value is -1.94. The van der Waals surface area contributed by atoms with Gasteiger partial charge in [0, 0.05) is 0 Å². The van der Waals surface area contributed by atoms with Crippen LogP contribution in [0.1, 0.15) is 23.6 Å². The fraction of sp³-hybridized carbons (Fsp3) is 0.200. The lowest BCUT2D eigenvalue weighted by atomic mass is 10.1. The zero-order valence-electron chi connectivity index (χ0n) is 10.3. The van der Waals surface area contributed by atoms with Crippen molar-refractivity contribution in [2.75, 3.05) is 5.32 Å². The molecular weight excluding hydrogens is 254 g/mol. The summed E-state index contributed by atoms with van der Waals surface area (Å²) in [6, 6.07) is 11.1. The first kappa shape index (κ1) is 10.9. The summed E-state index contributed by atoms with van der Waals surface area (Å²) in [6.45, 7) is 0. The van der Waals surface area contributed by atoms with Gasteiger partial charge in [0.15, 0.2) is 0 Å². The molecule has 2 aromatic heterocycles. The smallest absolute Gasteiger partial charge is 0.138 e. The number of thiophene rings is 1. The van der Waals surface area contributed by atoms with Gasteiger partial charge < -0.3 is 5.32 Å². The highest BCUT2D eigenvalue weighted by Gasteiger charge is 2.22. The van der Waals surface area contributed by atoms with Crippen LogP contribution in [0, 0.1) is 0 Å². The minimum atomic E-state index is 0.370. The monoisotopic (exact) mass is 267 g/mol. The first-order valence-corrected chi connectivity index (χ1v) is 7.32. The highest BCUT2D eigenvalue weighted by atomic mass is 32.1. The molecule has 0 aliphatic heterocycles. The number of aryl methyl sites for hydroxylation is 1. The highest BCUT2D eigenvalue weighted by Crippen LogP contribution is 2.35. The Morgan fingerprint density at radius 1 is 1.16 bits per heavy atom. The van der Waals surface area contributed by atoms with Crippen molar-refractivity contribution in [2.45, 2.75) is 18.9 Å². The Morgan fingerprint density at radius 2 is 2.11 bits per heavy atom. The first-order chi connectivity index (χ1) is 9.42. The largest absolute Gasteiger partial charge is 0.363 e. The summed E-state index contributed by atoms with van der Waals surface area (Å²) in [4.78, 5) is 9.73. The van der Waals surface area contributed by atoms with E-state index in [4.69, 9.17) is 0 Å². The van der Waals surface area contributed by atoms with Crippen LogP contribution in [-0.4, -0.2) is 9.97 Å². The second kappa shape index (κ2) is 4.31. The van der Waals surface area contributed by atoms with E-state index in [9.17, 15) is 0 Å². The van der Waals surface area contributed by atoms with Gasteiger partial charge in [-0.05, 0) is 35.4 Å². The first-order valence-electron chi connectivity index (χ1n) is 6.44. The Morgan fingerprint density at radius 3 is 3.11 bits per heavy atom. The van der Waals surface area contributed by atoms with Gasteiger partial charge in [0.1, 0.15) is 17.0 Å². The molecule has 19 heavy (non-hydrogen) atoms. The second-order valence-electron chi connectivity index (χ2n) is 4.80. The second-order valence-corrected chi connectivity index (χ2v) is 5.69. The maximum absolute atomic E-state index is 4.40. The lowest BCUT2D eigenvalue weighted by molar-refractivity contribution is 0.758. The Kier molecular flexibility index (Phi) is 2.48. The minimum Gasteiger partial charge on any atom is -0.363 e. The van der Waals surface area contributed by atoms with E-state index < -0.39 is 0 Å². The van der Waals surface area contributed by atoms with Crippen LogP contribution in [0.4, 0.5) is 5.82 Å². The molecule has 0 amide bonds. The Balaban J connectivity index is 1.71. The van der Waals surface area contributed by atoms with Crippen LogP contribution in [0.15, 0.2) is 42.0 Å². The molecule has 1 aliphatic rings. The molecular formula is C15H13N3S. The lowest BCUT2D eigenvalue weighted by Crippen LogP contribution is -2.08. The average Bonchev–Trinajstić information content (AvgIpc) is 3.06. The fourth-order valence-corrected chi connectivity index (χ4v) is 3.51. The van der Waals surface area contributed by atoms with E-state index in [1.807, 2.05) is 0 Å². The summed E-state index contributed by atoms with van der Waals surface area (Å²) in [7, 11) is 0. The molecule has 4 rings (SSSR count). The topological polar surface area (TPSA) is 37.8 Å². The quantitative estimate of drug-likeness (QED) is 0.767. The minimum absolute atomic E-state index is 0.370. The van der Waals surface area contributed by atoms with Gasteiger partial charge in [-0.25, -0.2) is 9.97 Å². The van der Waals surface area contributed by atoms with Gasteiger partial charge in [-0.1, -0.05) is 24.3 Å². The zero-order valence-corrected chi connectivity index (χ0v) is 11.2. The molecule has 1 aromatic carbocycles. The molecule has 4 heteroatoms. The number of benzene rings is 1. The number of aromatic nitrogens is 2. The van der Waals surface area contributed by atoms with Crippen LogP contribution in [-0.2, 0) is 6.42 Å². The summed E-state index contributed by atoms with van der Waals surface area (Å²) in [6.07, 6.45) is 3.92. The van der Waals surface area contributed by atoms with Gasteiger partial charge in [0.2, 0.25) is 0 Å². The molecule has 0 saturated heterocycles. The van der Waals surface area contributed by atoms with Gasteiger partial charge in [-0.2, -0.15) is 0 Å². The number of rotatable bonds is 2. The molecule has 1 N–H and O–H groups in total. The van der Waals surface area contributed by atoms with E-state index in [-0.39, 0.29) is 0 Å². The highest BCUT2D eigenvalue weighted by molar-refractivity contribution is 7.16. The van der Waals surface area contributed by atoms with E-state index in [1.54, 1.807) is 17.7 Å². The fourth-order valence-electron chi connectivity index (χ4n) is 2.78. The number of anilines is 1. The van der Waals surface area contributed by atoms with Crippen molar-refractivity contribution in [3.05, 3.63) is 53.2 Å². The molecule has 94 valence electrons. The van der Waals surface area contributed by atoms with Crippen molar-refractivity contribution >= 4 is 27.4 Å². The molecule has 0 saturated carbocycles. The number of hydrogen-bond acceptors (Lipinski definition) is 4. The average molecular weight is 267 g/mol. The van der Waals surface area contributed by atoms with E-state index in [0.717, 1.165) is 28.9 Å². The van der Waals surface area contributed by atoms with Crippen molar-refractivity contribution in [3.63, 3.8) is 0 Å². The summed E-state index contributed by atoms with van der Waals surface area (Å²) < 4.78 is 0. The molecule has 3 aromatic rings. The molecule has 1 atom stereocenters. The third kappa shape index (κ3) is 1.79. The molecule has 0 bridgehead atoms. The summed E-state index contributed by atoms with van der Waals surface area (Å²) in [5.74, 6) is 0.952. The van der Waals surface area contributed by atoms with Gasteiger partial charge in [-0.3, -0.25) is 0 Å². The van der Waals surface area contributed by atoms with Crippen molar-refractivity contribution in [3.8, 4) is 0 Å². The van der Waals surface area contributed by atoms with Crippen LogP contribution in [0.3, 0.4) is 0 Å². The van der Waals surface area contributed by atoms with Crippen LogP contribution >= 0.6 is 11.3 Å². The van der Waals surface area contributed by atoms with Crippen molar-refractivity contribution in [2.24, 2.45) is 0 Å². The summed E-state index contributed by atoms with van der Waals surface area (Å²) in [5, 5.41) is 6.77. The molecule has 0 fully saturated rings. The summed E-state index contributed by atoms with van der Waals surface area (Å²) in [5.41, 5.74) is 2.86. The van der Waals surface area contributed by atoms with E-state index >= 15 is 0 Å². The third-order valence-corrected chi connectivity index (χ3v) is 4.53. The van der Waals surface area contributed by atoms with E-state index in [1.165, 1.54) is 11.1 Å². The van der Waals surface area contributed by atoms with Crippen LogP contribution < -0.4 is 5.32 Å². The van der Waals surface area contributed by atoms with Crippen molar-refractivity contribution in [1.82, 2.24) is 9.97 Å². The van der Waals surface area contributed by atoms with Crippen LogP contribution in [0.5, 0.6) is 0 Å². The van der Waals surface area contributed by atoms with E-state index in [2.05, 4.69) is 51.0 Å². The maximum Gasteiger partial charge on any atom is 0.138 e. The van der Waals surface area contributed by atoms with Crippen molar-refractivity contribution in [1.29, 1.82) is 0 Å². The van der Waals surface area contributed by atoms with Gasteiger partial charge >= 0.3 is 0 Å². The van der Waals surface area contributed by atoms with Crippen molar-refractivity contribution < 1.29 is 0 Å². The Bertz CT molecular complexity index is 735. The SMILES string of the molecule is c1ccc2c(c1)CCC2Nc1ncnc2sccc12. The Labute approximate surface area is 115 Å². The molecule has 0 spiro atoms.